The van der Waals surface area contributed by atoms with Gasteiger partial charge in [-0.15, -0.1) is 0 Å². The highest BCUT2D eigenvalue weighted by molar-refractivity contribution is 7.64. The third kappa shape index (κ3) is 33.0. The molecule has 0 bridgehead atoms. The minimum absolute atomic E-state index is 0.00717. The lowest BCUT2D eigenvalue weighted by Crippen LogP contribution is -2.23. The van der Waals surface area contributed by atoms with Crippen LogP contribution >= 0.6 is 77.0 Å². The lowest BCUT2D eigenvalue weighted by Gasteiger charge is -2.21. The van der Waals surface area contributed by atoms with Gasteiger partial charge >= 0.3 is 70.1 Å². The van der Waals surface area contributed by atoms with Crippen molar-refractivity contribution in [3.63, 3.8) is 0 Å². The van der Waals surface area contributed by atoms with E-state index in [-0.39, 0.29) is 85.9 Å². The molecule has 474 valence electrons. The van der Waals surface area contributed by atoms with Gasteiger partial charge in [0.05, 0.1) is 36.2 Å². The van der Waals surface area contributed by atoms with Crippen LogP contribution in [-0.2, 0) is 129 Å². The van der Waals surface area contributed by atoms with Crippen molar-refractivity contribution in [3.8, 4) is 0 Å². The first-order valence-electron chi connectivity index (χ1n) is 23.0. The van der Waals surface area contributed by atoms with E-state index in [0.717, 1.165) is 0 Å². The molecule has 0 aliphatic carbocycles. The van der Waals surface area contributed by atoms with Gasteiger partial charge in [-0.3, -0.25) is 63.5 Å². The van der Waals surface area contributed by atoms with Crippen molar-refractivity contribution in [2.24, 2.45) is 17.8 Å². The zero-order valence-electron chi connectivity index (χ0n) is 45.5. The van der Waals surface area contributed by atoms with Crippen molar-refractivity contribution >= 4 is 113 Å². The first-order chi connectivity index (χ1) is 39.3. The number of carbonyl (C=O) groups is 6. The Hall–Kier alpha value is -3.16. The minimum Gasteiger partial charge on any atom is -0.481 e. The third-order valence-corrected chi connectivity index (χ3v) is 21.6. The van der Waals surface area contributed by atoms with Gasteiger partial charge < -0.3 is 82.9 Å². The van der Waals surface area contributed by atoms with Crippen LogP contribution in [0.25, 0.3) is 0 Å². The summed E-state index contributed by atoms with van der Waals surface area (Å²) in [5, 5.41) is 17.9. The largest absolute Gasteiger partial charge is 0.519 e. The highest BCUT2D eigenvalue weighted by atomic mass is 31.3. The van der Waals surface area contributed by atoms with E-state index in [1.165, 1.54) is 63.4 Å². The molecule has 0 saturated heterocycles. The molecule has 0 radical (unpaired) electrons. The number of carboxylic acid groups (broad SMARTS) is 2. The lowest BCUT2D eigenvalue weighted by atomic mass is 10.1. The topological polar surface area (TPSA) is 463 Å². The second kappa shape index (κ2) is 42.6. The number of hydrogen-bond acceptors (Lipinski definition) is 33. The zero-order valence-corrected chi connectivity index (χ0v) is 54.2. The van der Waals surface area contributed by atoms with Gasteiger partial charge in [0.25, 0.3) is 0 Å². The van der Waals surface area contributed by atoms with Crippen LogP contribution in [0.4, 0.5) is 0 Å². The molecular weight excluding hydrogens is 1310 g/mol. The van der Waals surface area contributed by atoms with Crippen molar-refractivity contribution in [2.75, 3.05) is 61.1 Å². The smallest absolute Gasteiger partial charge is 0.481 e. The molecule has 3 aromatic rings. The Kier molecular flexibility index (Phi) is 40.0. The minimum atomic E-state index is -3.92. The Morgan fingerprint density at radius 3 is 1.04 bits per heavy atom. The molecule has 2 N–H and O–H groups in total. The number of esters is 3. The van der Waals surface area contributed by atoms with Crippen LogP contribution in [0.15, 0.2) is 40.9 Å². The predicted octanol–water partition coefficient (Wildman–Crippen LogP) is 7.92. The highest BCUT2D eigenvalue weighted by Gasteiger charge is 2.38. The number of aldehydes is 1. The lowest BCUT2D eigenvalue weighted by molar-refractivity contribution is -0.152. The van der Waals surface area contributed by atoms with Crippen LogP contribution in [0.2, 0.25) is 0 Å². The van der Waals surface area contributed by atoms with Gasteiger partial charge in [-0.2, -0.15) is 0 Å². The van der Waals surface area contributed by atoms with E-state index in [1.807, 2.05) is 0 Å². The van der Waals surface area contributed by atoms with Crippen LogP contribution in [0, 0.1) is 38.5 Å². The Morgan fingerprint density at radius 2 is 0.771 bits per heavy atom. The van der Waals surface area contributed by atoms with Crippen LogP contribution in [0.5, 0.6) is 0 Å². The summed E-state index contributed by atoms with van der Waals surface area (Å²) in [4.78, 5) is 103. The van der Waals surface area contributed by atoms with Gasteiger partial charge in [0.15, 0.2) is 109 Å². The second-order valence-corrected chi connectivity index (χ2v) is 28.1. The maximum absolute atomic E-state index is 13.1. The monoisotopic (exact) mass is 1370 g/mol. The number of aryl methyl sites for hydroxylation is 3. The standard InChI is InChI=1S/C18H25O15P3.C13H21O12P3.C8H17O8P3/c1-10-13(30-17(21)28-10)7-26-15(19)6-5-12(9-36(23,32-34-24-3)33-35-25-4)16(20)27-8-14-11(2)29-18(22)31-14;1-8-10(23-13(17)22-8)6-21-12(16)9(4-5-11(14)15)7-28(18,24-26-19-2)25-27-20-3;1-13-17-15-19(12,16-18-14-2)6-7(8(10)11)4-3-5-9/h12,34-35H,5-9H2,1-4H3;9,26-27H,4-7H2,1-3H3,(H,14,15);5,7,17-18H,3-4,6H2,1-2H3,(H,10,11). The summed E-state index contributed by atoms with van der Waals surface area (Å²) in [7, 11) is -7.04. The van der Waals surface area contributed by atoms with Gasteiger partial charge in [0, 0.05) is 61.9 Å². The van der Waals surface area contributed by atoms with Crippen molar-refractivity contribution in [3.05, 3.63) is 66.4 Å². The molecule has 0 saturated carbocycles. The van der Waals surface area contributed by atoms with Crippen LogP contribution in [-0.4, -0.2) is 107 Å². The van der Waals surface area contributed by atoms with Crippen LogP contribution < -0.4 is 17.5 Å². The van der Waals surface area contributed by atoms with E-state index in [2.05, 4.69) is 17.9 Å². The Labute approximate surface area is 482 Å². The molecule has 0 aliphatic heterocycles. The fraction of sp³-hybridized carbons (Fsp3) is 0.615. The van der Waals surface area contributed by atoms with E-state index in [1.54, 1.807) is 0 Å². The molecule has 0 spiro atoms. The molecule has 3 aromatic heterocycles. The van der Waals surface area contributed by atoms with Crippen molar-refractivity contribution in [1.29, 1.82) is 0 Å². The summed E-state index contributed by atoms with van der Waals surface area (Å²) in [6.07, 6.45) is -1.54. The number of aliphatic carboxylic acids is 2. The number of rotatable bonds is 42. The van der Waals surface area contributed by atoms with Crippen molar-refractivity contribution in [2.45, 2.75) is 79.1 Å². The number of ether oxygens (including phenoxy) is 3. The molecule has 9 unspecified atom stereocenters. The SMILES string of the molecule is COPOP(=O)(CC(CCC(=O)O)C(=O)OCc1oc(=O)oc1C)OPOC.COPOP(=O)(CC(CCC(=O)OCc1oc(=O)oc1C)C(=O)OCc1oc(=O)oc1C)OPOC.COPOP(=O)(CC(CCC=O)C(=O)O)OPOC. The summed E-state index contributed by atoms with van der Waals surface area (Å²) in [5.41, 5.74) is 0. The van der Waals surface area contributed by atoms with Gasteiger partial charge in [-0.25, -0.2) is 14.4 Å². The summed E-state index contributed by atoms with van der Waals surface area (Å²) in [6, 6.07) is 0. The molecule has 35 nitrogen and oxygen atoms in total. The summed E-state index contributed by atoms with van der Waals surface area (Å²) >= 11 is 0. The summed E-state index contributed by atoms with van der Waals surface area (Å²) in [6.45, 7) is 3.14. The van der Waals surface area contributed by atoms with E-state index in [4.69, 9.17) is 86.1 Å². The van der Waals surface area contributed by atoms with E-state index in [9.17, 15) is 56.8 Å². The molecule has 0 amide bonds. The fourth-order valence-electron chi connectivity index (χ4n) is 5.62. The van der Waals surface area contributed by atoms with Gasteiger partial charge in [-0.1, -0.05) is 0 Å². The van der Waals surface area contributed by atoms with Crippen molar-refractivity contribution in [1.82, 2.24) is 0 Å². The molecule has 0 aliphatic rings. The first-order valence-corrected chi connectivity index (χ1v) is 33.1. The molecule has 44 heteroatoms. The number of carbonyl (C=O) groups excluding carboxylic acids is 4. The third-order valence-electron chi connectivity index (χ3n) is 9.50. The van der Waals surface area contributed by atoms with E-state index < -0.39 is 168 Å². The van der Waals surface area contributed by atoms with Crippen LogP contribution in [0.3, 0.4) is 0 Å². The van der Waals surface area contributed by atoms with Gasteiger partial charge in [0.1, 0.15) is 6.29 Å². The number of hydrogen-bond donors (Lipinski definition) is 2. The number of carboxylic acids is 2. The maximum atomic E-state index is 13.1. The molecule has 0 fully saturated rings. The molecule has 83 heavy (non-hydrogen) atoms. The van der Waals surface area contributed by atoms with E-state index >= 15 is 0 Å². The first kappa shape index (κ1) is 77.9. The molecule has 3 heterocycles. The highest BCUT2D eigenvalue weighted by Crippen LogP contribution is 2.61. The average molecular weight is 1370 g/mol. The maximum Gasteiger partial charge on any atom is 0.519 e. The van der Waals surface area contributed by atoms with E-state index in [0.29, 0.717) is 6.29 Å². The normalized spacial score (nSPS) is 15.3. The Morgan fingerprint density at radius 1 is 0.470 bits per heavy atom. The Balaban J connectivity index is 0.000000655. The summed E-state index contributed by atoms with van der Waals surface area (Å²) < 4.78 is 141. The Bertz CT molecular complexity index is 2730. The fourth-order valence-corrected chi connectivity index (χ4v) is 16.0. The summed E-state index contributed by atoms with van der Waals surface area (Å²) in [5.74, 6) is -10.5. The van der Waals surface area contributed by atoms with Gasteiger partial charge in [-0.05, 0) is 40.0 Å². The zero-order chi connectivity index (χ0) is 62.6. The molecule has 3 rings (SSSR count). The molecule has 0 aromatic carbocycles. The van der Waals surface area contributed by atoms with Crippen LogP contribution in [0.1, 0.15) is 73.1 Å². The quantitative estimate of drug-likeness (QED) is 0.0235. The molecule has 9 atom stereocenters. The average Bonchev–Trinajstić information content (AvgIpc) is 4.10. The molecular formula is C39H63O35P9. The predicted molar refractivity (Wildman–Crippen MR) is 291 cm³/mol. The van der Waals surface area contributed by atoms with Gasteiger partial charge in [0.2, 0.25) is 0 Å². The van der Waals surface area contributed by atoms with Crippen molar-refractivity contribution < 1.29 is 146 Å². The second-order valence-electron chi connectivity index (χ2n) is 15.5.